The van der Waals surface area contributed by atoms with Crippen LogP contribution in [0.2, 0.25) is 0 Å². The predicted molar refractivity (Wildman–Crippen MR) is 91.1 cm³/mol. The Morgan fingerprint density at radius 2 is 2.05 bits per heavy atom. The van der Waals surface area contributed by atoms with Crippen molar-refractivity contribution in [3.05, 3.63) is 30.3 Å². The molecule has 0 aromatic heterocycles. The minimum atomic E-state index is -0.217. The molecule has 2 fully saturated rings. The fourth-order valence-corrected chi connectivity index (χ4v) is 5.54. The second-order valence-corrected chi connectivity index (χ2v) is 8.41. The molecule has 1 aromatic rings. The Morgan fingerprint density at radius 1 is 1.29 bits per heavy atom. The molecule has 0 amide bonds. The van der Waals surface area contributed by atoms with E-state index >= 15 is 0 Å². The molecule has 2 saturated heterocycles. The minimum absolute atomic E-state index is 0.0760. The molecule has 1 spiro atoms. The molecule has 116 valence electrons. The third kappa shape index (κ3) is 4.19. The zero-order valence-corrected chi connectivity index (χ0v) is 14.0. The van der Waals surface area contributed by atoms with Crippen LogP contribution in [-0.2, 0) is 4.74 Å². The van der Waals surface area contributed by atoms with Gasteiger partial charge >= 0.3 is 0 Å². The van der Waals surface area contributed by atoms with Crippen molar-refractivity contribution in [2.24, 2.45) is 5.92 Å². The molecule has 2 unspecified atom stereocenters. The van der Waals surface area contributed by atoms with Crippen molar-refractivity contribution >= 4 is 23.5 Å². The summed E-state index contributed by atoms with van der Waals surface area (Å²) in [5, 5.41) is 10.6. The van der Waals surface area contributed by atoms with Gasteiger partial charge in [-0.2, -0.15) is 11.8 Å². The quantitative estimate of drug-likeness (QED) is 0.852. The van der Waals surface area contributed by atoms with Crippen LogP contribution in [0.15, 0.2) is 35.2 Å². The third-order valence-corrected chi connectivity index (χ3v) is 6.74. The number of aliphatic hydroxyl groups is 1. The zero-order valence-electron chi connectivity index (χ0n) is 12.4. The number of aliphatic hydroxyl groups excluding tert-OH is 1. The van der Waals surface area contributed by atoms with E-state index in [0.717, 1.165) is 38.0 Å². The van der Waals surface area contributed by atoms with Gasteiger partial charge in [0.05, 0.1) is 11.7 Å². The molecular weight excluding hydrogens is 300 g/mol. The standard InChI is InChI=1S/C17H24O2S2/c18-16(13-21-15-4-2-1-3-5-15)14-6-9-19-17(12-14)7-10-20-11-8-17/h1-5,14,16,18H,6-13H2. The first-order chi connectivity index (χ1) is 10.3. The lowest BCUT2D eigenvalue weighted by Gasteiger charge is -2.44. The molecule has 0 saturated carbocycles. The van der Waals surface area contributed by atoms with E-state index in [1.165, 1.54) is 16.4 Å². The average Bonchev–Trinajstić information content (AvgIpc) is 2.54. The van der Waals surface area contributed by atoms with Crippen LogP contribution in [0.1, 0.15) is 25.7 Å². The van der Waals surface area contributed by atoms with Crippen LogP contribution < -0.4 is 0 Å². The van der Waals surface area contributed by atoms with Gasteiger partial charge in [-0.25, -0.2) is 0 Å². The maximum atomic E-state index is 10.6. The van der Waals surface area contributed by atoms with Crippen LogP contribution in [0.5, 0.6) is 0 Å². The van der Waals surface area contributed by atoms with Crippen LogP contribution in [-0.4, -0.2) is 40.7 Å². The summed E-state index contributed by atoms with van der Waals surface area (Å²) in [6, 6.07) is 10.4. The molecule has 0 bridgehead atoms. The van der Waals surface area contributed by atoms with Crippen molar-refractivity contribution in [2.75, 3.05) is 23.9 Å². The number of hydrogen-bond acceptors (Lipinski definition) is 4. The molecule has 1 N–H and O–H groups in total. The van der Waals surface area contributed by atoms with E-state index in [1.54, 1.807) is 11.8 Å². The molecule has 1 aromatic carbocycles. The number of ether oxygens (including phenoxy) is 1. The third-order valence-electron chi connectivity index (χ3n) is 4.64. The van der Waals surface area contributed by atoms with Gasteiger partial charge in [-0.1, -0.05) is 18.2 Å². The van der Waals surface area contributed by atoms with Crippen LogP contribution in [0.4, 0.5) is 0 Å². The van der Waals surface area contributed by atoms with Crippen LogP contribution in [0.3, 0.4) is 0 Å². The summed E-state index contributed by atoms with van der Waals surface area (Å²) < 4.78 is 6.12. The maximum absolute atomic E-state index is 10.6. The number of benzene rings is 1. The summed E-state index contributed by atoms with van der Waals surface area (Å²) in [4.78, 5) is 1.24. The number of hydrogen-bond donors (Lipinski definition) is 1. The summed E-state index contributed by atoms with van der Waals surface area (Å²) in [5.41, 5.74) is 0.0760. The summed E-state index contributed by atoms with van der Waals surface area (Å²) in [7, 11) is 0. The van der Waals surface area contributed by atoms with Crippen molar-refractivity contribution < 1.29 is 9.84 Å². The smallest absolute Gasteiger partial charge is 0.0701 e. The van der Waals surface area contributed by atoms with E-state index in [-0.39, 0.29) is 11.7 Å². The van der Waals surface area contributed by atoms with Crippen molar-refractivity contribution in [3.8, 4) is 0 Å². The molecule has 2 heterocycles. The minimum Gasteiger partial charge on any atom is -0.392 e. The van der Waals surface area contributed by atoms with Crippen molar-refractivity contribution in [2.45, 2.75) is 42.3 Å². The van der Waals surface area contributed by atoms with E-state index < -0.39 is 0 Å². The highest BCUT2D eigenvalue weighted by Gasteiger charge is 2.40. The normalized spacial score (nSPS) is 26.6. The van der Waals surface area contributed by atoms with Crippen LogP contribution >= 0.6 is 23.5 Å². The first-order valence-corrected chi connectivity index (χ1v) is 9.99. The lowest BCUT2D eigenvalue weighted by Crippen LogP contribution is -2.45. The van der Waals surface area contributed by atoms with Gasteiger partial charge in [0.15, 0.2) is 0 Å². The molecule has 4 heteroatoms. The van der Waals surface area contributed by atoms with Gasteiger partial charge < -0.3 is 9.84 Å². The first-order valence-electron chi connectivity index (χ1n) is 7.85. The van der Waals surface area contributed by atoms with Gasteiger partial charge in [0.2, 0.25) is 0 Å². The molecule has 0 radical (unpaired) electrons. The van der Waals surface area contributed by atoms with Crippen molar-refractivity contribution in [3.63, 3.8) is 0 Å². The van der Waals surface area contributed by atoms with E-state index in [0.29, 0.717) is 5.92 Å². The van der Waals surface area contributed by atoms with Gasteiger partial charge in [0.25, 0.3) is 0 Å². The Morgan fingerprint density at radius 3 is 2.81 bits per heavy atom. The van der Waals surface area contributed by atoms with Crippen molar-refractivity contribution in [1.82, 2.24) is 0 Å². The first kappa shape index (κ1) is 15.7. The predicted octanol–water partition coefficient (Wildman–Crippen LogP) is 3.83. The van der Waals surface area contributed by atoms with Gasteiger partial charge in [-0.15, -0.1) is 11.8 Å². The van der Waals surface area contributed by atoms with Gasteiger partial charge in [-0.05, 0) is 55.2 Å². The molecule has 21 heavy (non-hydrogen) atoms. The molecular formula is C17H24O2S2. The highest BCUT2D eigenvalue weighted by Crippen LogP contribution is 2.41. The monoisotopic (exact) mass is 324 g/mol. The topological polar surface area (TPSA) is 29.5 Å². The summed E-state index contributed by atoms with van der Waals surface area (Å²) in [6.45, 7) is 0.822. The Labute approximate surface area is 136 Å². The maximum Gasteiger partial charge on any atom is 0.0701 e. The highest BCUT2D eigenvalue weighted by atomic mass is 32.2. The van der Waals surface area contributed by atoms with E-state index in [4.69, 9.17) is 4.74 Å². The molecule has 2 atom stereocenters. The summed E-state index contributed by atoms with van der Waals surface area (Å²) >= 11 is 3.80. The Hall–Kier alpha value is -0.160. The Balaban J connectivity index is 1.53. The number of thioether (sulfide) groups is 2. The highest BCUT2D eigenvalue weighted by molar-refractivity contribution is 7.99. The molecule has 0 aliphatic carbocycles. The number of rotatable bonds is 4. The lowest BCUT2D eigenvalue weighted by atomic mass is 9.80. The van der Waals surface area contributed by atoms with Gasteiger partial charge in [0.1, 0.15) is 0 Å². The fraction of sp³-hybridized carbons (Fsp3) is 0.647. The van der Waals surface area contributed by atoms with Crippen molar-refractivity contribution in [1.29, 1.82) is 0 Å². The Bertz CT molecular complexity index is 426. The molecule has 2 aliphatic heterocycles. The zero-order chi connectivity index (χ0) is 14.5. The summed E-state index contributed by atoms with van der Waals surface area (Å²) in [5.74, 6) is 3.61. The van der Waals surface area contributed by atoms with Gasteiger partial charge in [0, 0.05) is 17.3 Å². The second-order valence-electron chi connectivity index (χ2n) is 6.09. The van der Waals surface area contributed by atoms with Crippen LogP contribution in [0.25, 0.3) is 0 Å². The molecule has 2 aliphatic rings. The average molecular weight is 325 g/mol. The SMILES string of the molecule is OC(CSc1ccccc1)C1CCOC2(CCSCC2)C1. The lowest BCUT2D eigenvalue weighted by molar-refractivity contribution is -0.117. The van der Waals surface area contributed by atoms with E-state index in [1.807, 2.05) is 17.8 Å². The van der Waals surface area contributed by atoms with Crippen LogP contribution in [0, 0.1) is 5.92 Å². The van der Waals surface area contributed by atoms with E-state index in [2.05, 4.69) is 24.3 Å². The van der Waals surface area contributed by atoms with Gasteiger partial charge in [-0.3, -0.25) is 0 Å². The molecule has 3 rings (SSSR count). The fourth-order valence-electron chi connectivity index (χ4n) is 3.32. The van der Waals surface area contributed by atoms with E-state index in [9.17, 15) is 5.11 Å². The largest absolute Gasteiger partial charge is 0.392 e. The second kappa shape index (κ2) is 7.40. The molecule has 2 nitrogen and oxygen atoms in total. The Kier molecular flexibility index (Phi) is 5.54. The summed E-state index contributed by atoms with van der Waals surface area (Å²) in [6.07, 6.45) is 4.15.